The minimum absolute atomic E-state index is 0.389. The zero-order valence-electron chi connectivity index (χ0n) is 9.26. The van der Waals surface area contributed by atoms with Crippen LogP contribution in [-0.4, -0.2) is 30.4 Å². The number of benzene rings is 1. The molecule has 0 radical (unpaired) electrons. The van der Waals surface area contributed by atoms with Gasteiger partial charge in [0.2, 0.25) is 0 Å². The van der Waals surface area contributed by atoms with Crippen molar-refractivity contribution >= 4 is 5.97 Å². The van der Waals surface area contributed by atoms with Crippen molar-refractivity contribution in [2.24, 2.45) is 0 Å². The first-order valence-electron chi connectivity index (χ1n) is 5.22. The third-order valence-corrected chi connectivity index (χ3v) is 2.02. The molecule has 0 saturated carbocycles. The molecule has 0 heterocycles. The average molecular weight is 224 g/mol. The van der Waals surface area contributed by atoms with Crippen molar-refractivity contribution in [1.82, 2.24) is 0 Å². The van der Waals surface area contributed by atoms with E-state index in [1.165, 1.54) is 6.92 Å². The normalized spacial score (nSPS) is 12.1. The Bertz CT molecular complexity index is 310. The van der Waals surface area contributed by atoms with E-state index in [1.54, 1.807) is 0 Å². The van der Waals surface area contributed by atoms with Crippen molar-refractivity contribution in [2.45, 2.75) is 19.4 Å². The van der Waals surface area contributed by atoms with E-state index in [0.29, 0.717) is 19.6 Å². The van der Waals surface area contributed by atoms with Gasteiger partial charge in [0.1, 0.15) is 5.75 Å². The molecule has 1 rings (SSSR count). The van der Waals surface area contributed by atoms with Crippen LogP contribution in [0.2, 0.25) is 0 Å². The maximum Gasteiger partial charge on any atom is 0.332 e. The van der Waals surface area contributed by atoms with E-state index in [-0.39, 0.29) is 0 Å². The van der Waals surface area contributed by atoms with Gasteiger partial charge in [-0.15, -0.1) is 0 Å². The molecular formula is C12H16O4. The highest BCUT2D eigenvalue weighted by Gasteiger charge is 2.09. The van der Waals surface area contributed by atoms with Crippen LogP contribution in [0.5, 0.6) is 5.75 Å². The van der Waals surface area contributed by atoms with Crippen LogP contribution in [0.25, 0.3) is 0 Å². The fourth-order valence-corrected chi connectivity index (χ4v) is 1.10. The number of hydrogen-bond acceptors (Lipinski definition) is 3. The van der Waals surface area contributed by atoms with Gasteiger partial charge < -0.3 is 14.6 Å². The van der Waals surface area contributed by atoms with Gasteiger partial charge in [0, 0.05) is 6.42 Å². The summed E-state index contributed by atoms with van der Waals surface area (Å²) in [6.07, 6.45) is -0.0799. The van der Waals surface area contributed by atoms with Gasteiger partial charge in [-0.1, -0.05) is 18.2 Å². The van der Waals surface area contributed by atoms with Gasteiger partial charge in [-0.2, -0.15) is 0 Å². The predicted octanol–water partition coefficient (Wildman–Crippen LogP) is 1.95. The fraction of sp³-hybridized carbons (Fsp3) is 0.417. The van der Waals surface area contributed by atoms with Crippen molar-refractivity contribution in [3.8, 4) is 5.75 Å². The molecule has 1 aromatic rings. The molecule has 16 heavy (non-hydrogen) atoms. The number of para-hydroxylation sites is 1. The number of rotatable bonds is 7. The third-order valence-electron chi connectivity index (χ3n) is 2.02. The first-order valence-corrected chi connectivity index (χ1v) is 5.22. The zero-order chi connectivity index (χ0) is 11.8. The molecule has 0 aromatic heterocycles. The summed E-state index contributed by atoms with van der Waals surface area (Å²) in [5.41, 5.74) is 0. The first-order chi connectivity index (χ1) is 7.70. The molecule has 1 N–H and O–H groups in total. The van der Waals surface area contributed by atoms with E-state index in [1.807, 2.05) is 30.3 Å². The lowest BCUT2D eigenvalue weighted by Crippen LogP contribution is -2.20. The SMILES string of the molecule is C[C@H](OCCCOc1ccccc1)C(=O)O. The Balaban J connectivity index is 2.07. The Morgan fingerprint density at radius 1 is 1.31 bits per heavy atom. The Labute approximate surface area is 94.8 Å². The van der Waals surface area contributed by atoms with Crippen molar-refractivity contribution in [3.63, 3.8) is 0 Å². The maximum atomic E-state index is 10.4. The molecule has 1 atom stereocenters. The number of carboxylic acid groups (broad SMARTS) is 1. The zero-order valence-corrected chi connectivity index (χ0v) is 9.26. The second-order valence-electron chi connectivity index (χ2n) is 3.37. The van der Waals surface area contributed by atoms with Gasteiger partial charge in [-0.05, 0) is 19.1 Å². The molecular weight excluding hydrogens is 208 g/mol. The van der Waals surface area contributed by atoms with E-state index in [2.05, 4.69) is 0 Å². The van der Waals surface area contributed by atoms with Gasteiger partial charge in [-0.25, -0.2) is 4.79 Å². The lowest BCUT2D eigenvalue weighted by molar-refractivity contribution is -0.149. The van der Waals surface area contributed by atoms with Crippen LogP contribution in [-0.2, 0) is 9.53 Å². The van der Waals surface area contributed by atoms with Crippen LogP contribution in [0.4, 0.5) is 0 Å². The summed E-state index contributed by atoms with van der Waals surface area (Å²) in [7, 11) is 0. The summed E-state index contributed by atoms with van der Waals surface area (Å²) in [5, 5.41) is 8.56. The van der Waals surface area contributed by atoms with Crippen LogP contribution in [0, 0.1) is 0 Å². The molecule has 4 nitrogen and oxygen atoms in total. The first kappa shape index (κ1) is 12.5. The Morgan fingerprint density at radius 3 is 2.62 bits per heavy atom. The van der Waals surface area contributed by atoms with Gasteiger partial charge in [-0.3, -0.25) is 0 Å². The van der Waals surface area contributed by atoms with Crippen LogP contribution in [0.1, 0.15) is 13.3 Å². The van der Waals surface area contributed by atoms with E-state index in [0.717, 1.165) is 5.75 Å². The Morgan fingerprint density at radius 2 is 2.00 bits per heavy atom. The largest absolute Gasteiger partial charge is 0.494 e. The molecule has 0 aliphatic heterocycles. The highest BCUT2D eigenvalue weighted by Crippen LogP contribution is 2.08. The third kappa shape index (κ3) is 4.79. The summed E-state index contributed by atoms with van der Waals surface area (Å²) >= 11 is 0. The molecule has 0 unspecified atom stereocenters. The topological polar surface area (TPSA) is 55.8 Å². The Kier molecular flexibility index (Phi) is 5.36. The van der Waals surface area contributed by atoms with Crippen LogP contribution in [0.15, 0.2) is 30.3 Å². The Hall–Kier alpha value is -1.55. The van der Waals surface area contributed by atoms with Crippen LogP contribution >= 0.6 is 0 Å². The lowest BCUT2D eigenvalue weighted by atomic mass is 10.3. The summed E-state index contributed by atoms with van der Waals surface area (Å²) in [6, 6.07) is 9.47. The second kappa shape index (κ2) is 6.85. The highest BCUT2D eigenvalue weighted by molar-refractivity contribution is 5.71. The fourth-order valence-electron chi connectivity index (χ4n) is 1.10. The number of ether oxygens (including phenoxy) is 2. The number of hydrogen-bond donors (Lipinski definition) is 1. The molecule has 0 spiro atoms. The minimum atomic E-state index is -0.941. The molecule has 1 aromatic carbocycles. The van der Waals surface area contributed by atoms with Crippen LogP contribution < -0.4 is 4.74 Å². The molecule has 88 valence electrons. The molecule has 0 aliphatic carbocycles. The molecule has 0 aliphatic rings. The summed E-state index contributed by atoms with van der Waals surface area (Å²) in [4.78, 5) is 10.4. The molecule has 0 amide bonds. The maximum absolute atomic E-state index is 10.4. The number of carboxylic acids is 1. The average Bonchev–Trinajstić information content (AvgIpc) is 2.29. The standard InChI is InChI=1S/C12H16O4/c1-10(12(13)14)15-8-5-9-16-11-6-3-2-4-7-11/h2-4,6-7,10H,5,8-9H2,1H3,(H,13,14)/t10-/m0/s1. The van der Waals surface area contributed by atoms with Crippen molar-refractivity contribution < 1.29 is 19.4 Å². The van der Waals surface area contributed by atoms with E-state index >= 15 is 0 Å². The quantitative estimate of drug-likeness (QED) is 0.719. The van der Waals surface area contributed by atoms with Crippen molar-refractivity contribution in [1.29, 1.82) is 0 Å². The van der Waals surface area contributed by atoms with Gasteiger partial charge in [0.25, 0.3) is 0 Å². The van der Waals surface area contributed by atoms with E-state index in [4.69, 9.17) is 14.6 Å². The van der Waals surface area contributed by atoms with Gasteiger partial charge in [0.15, 0.2) is 6.10 Å². The van der Waals surface area contributed by atoms with Crippen molar-refractivity contribution in [3.05, 3.63) is 30.3 Å². The van der Waals surface area contributed by atoms with E-state index < -0.39 is 12.1 Å². The summed E-state index contributed by atoms with van der Waals surface area (Å²) < 4.78 is 10.5. The number of aliphatic carboxylic acids is 1. The lowest BCUT2D eigenvalue weighted by Gasteiger charge is -2.09. The summed E-state index contributed by atoms with van der Waals surface area (Å²) in [6.45, 7) is 2.43. The minimum Gasteiger partial charge on any atom is -0.494 e. The molecule has 0 bridgehead atoms. The van der Waals surface area contributed by atoms with Gasteiger partial charge in [0.05, 0.1) is 13.2 Å². The van der Waals surface area contributed by atoms with Crippen LogP contribution in [0.3, 0.4) is 0 Å². The molecule has 0 fully saturated rings. The monoisotopic (exact) mass is 224 g/mol. The smallest absolute Gasteiger partial charge is 0.332 e. The van der Waals surface area contributed by atoms with Crippen molar-refractivity contribution in [2.75, 3.05) is 13.2 Å². The number of carbonyl (C=O) groups is 1. The highest BCUT2D eigenvalue weighted by atomic mass is 16.5. The molecule has 0 saturated heterocycles. The predicted molar refractivity (Wildman–Crippen MR) is 59.6 cm³/mol. The van der Waals surface area contributed by atoms with Gasteiger partial charge >= 0.3 is 5.97 Å². The van der Waals surface area contributed by atoms with E-state index in [9.17, 15) is 4.79 Å². The summed E-state index contributed by atoms with van der Waals surface area (Å²) in [5.74, 6) is -0.127. The second-order valence-corrected chi connectivity index (χ2v) is 3.37. The molecule has 4 heteroatoms.